The smallest absolute Gasteiger partial charge is 0.270 e. The molecule has 1 saturated heterocycles. The second-order valence-electron chi connectivity index (χ2n) is 4.46. The summed E-state index contributed by atoms with van der Waals surface area (Å²) in [5.74, 6) is 0. The Labute approximate surface area is 116 Å². The maximum Gasteiger partial charge on any atom is 0.270 e. The van der Waals surface area contributed by atoms with Crippen LogP contribution < -0.4 is 5.32 Å². The van der Waals surface area contributed by atoms with Gasteiger partial charge in [-0.1, -0.05) is 12.1 Å². The Bertz CT molecular complexity index is 640. The zero-order valence-electron chi connectivity index (χ0n) is 10.4. The van der Waals surface area contributed by atoms with E-state index in [2.05, 4.69) is 10.3 Å². The van der Waals surface area contributed by atoms with E-state index in [1.807, 2.05) is 24.3 Å². The van der Waals surface area contributed by atoms with Crippen LogP contribution in [-0.4, -0.2) is 43.9 Å². The highest BCUT2D eigenvalue weighted by Gasteiger charge is 2.28. The van der Waals surface area contributed by atoms with Crippen LogP contribution >= 0.6 is 11.3 Å². The summed E-state index contributed by atoms with van der Waals surface area (Å²) in [4.78, 5) is 4.26. The first-order chi connectivity index (χ1) is 9.18. The van der Waals surface area contributed by atoms with E-state index in [-0.39, 0.29) is 4.34 Å². The third-order valence-electron chi connectivity index (χ3n) is 3.13. The van der Waals surface area contributed by atoms with E-state index in [0.29, 0.717) is 19.6 Å². The highest BCUT2D eigenvalue weighted by Crippen LogP contribution is 2.27. The first-order valence-electron chi connectivity index (χ1n) is 6.24. The number of nitrogens with zero attached hydrogens (tertiary/aromatic N) is 2. The van der Waals surface area contributed by atoms with E-state index in [1.165, 1.54) is 15.6 Å². The summed E-state index contributed by atoms with van der Waals surface area (Å²) in [5, 5.41) is 3.20. The summed E-state index contributed by atoms with van der Waals surface area (Å²) in [6.45, 7) is 2.64. The van der Waals surface area contributed by atoms with Crippen molar-refractivity contribution < 1.29 is 8.42 Å². The van der Waals surface area contributed by atoms with E-state index < -0.39 is 10.0 Å². The van der Waals surface area contributed by atoms with Crippen molar-refractivity contribution in [2.24, 2.45) is 0 Å². The summed E-state index contributed by atoms with van der Waals surface area (Å²) in [6.07, 6.45) is 0.837. The molecule has 1 aromatic carbocycles. The normalized spacial score (nSPS) is 18.5. The maximum atomic E-state index is 12.6. The molecule has 1 aliphatic rings. The summed E-state index contributed by atoms with van der Waals surface area (Å²) in [7, 11) is -3.45. The quantitative estimate of drug-likeness (QED) is 0.907. The number of benzene rings is 1. The number of fused-ring (bicyclic) bond motifs is 1. The van der Waals surface area contributed by atoms with E-state index in [4.69, 9.17) is 0 Å². The molecule has 3 rings (SSSR count). The monoisotopic (exact) mass is 297 g/mol. The van der Waals surface area contributed by atoms with Crippen molar-refractivity contribution in [3.8, 4) is 0 Å². The van der Waals surface area contributed by atoms with Crippen LogP contribution in [0.1, 0.15) is 6.42 Å². The van der Waals surface area contributed by atoms with E-state index >= 15 is 0 Å². The SMILES string of the molecule is O=S(=O)(c1nc2ccccc2s1)N1CCCNCC1. The number of thiazole rings is 1. The van der Waals surface area contributed by atoms with Gasteiger partial charge in [0.2, 0.25) is 4.34 Å². The van der Waals surface area contributed by atoms with Gasteiger partial charge in [-0.2, -0.15) is 4.31 Å². The Morgan fingerprint density at radius 3 is 2.89 bits per heavy atom. The van der Waals surface area contributed by atoms with Gasteiger partial charge in [0.05, 0.1) is 10.2 Å². The lowest BCUT2D eigenvalue weighted by atomic mass is 10.3. The molecule has 5 nitrogen and oxygen atoms in total. The number of sulfonamides is 1. The van der Waals surface area contributed by atoms with Crippen LogP contribution in [0.2, 0.25) is 0 Å². The van der Waals surface area contributed by atoms with Crippen LogP contribution in [0.4, 0.5) is 0 Å². The Hall–Kier alpha value is -1.02. The Balaban J connectivity index is 1.98. The fraction of sp³-hybridized carbons (Fsp3) is 0.417. The largest absolute Gasteiger partial charge is 0.315 e. The molecule has 19 heavy (non-hydrogen) atoms. The summed E-state index contributed by atoms with van der Waals surface area (Å²) >= 11 is 1.24. The number of hydrogen-bond acceptors (Lipinski definition) is 5. The minimum Gasteiger partial charge on any atom is -0.315 e. The van der Waals surface area contributed by atoms with Gasteiger partial charge in [-0.05, 0) is 25.1 Å². The summed E-state index contributed by atoms with van der Waals surface area (Å²) in [5.41, 5.74) is 0.749. The van der Waals surface area contributed by atoms with Crippen molar-refractivity contribution >= 4 is 31.6 Å². The van der Waals surface area contributed by atoms with Gasteiger partial charge in [0.15, 0.2) is 0 Å². The first kappa shape index (κ1) is 13.0. The fourth-order valence-corrected chi connectivity index (χ4v) is 4.97. The predicted octanol–water partition coefficient (Wildman–Crippen LogP) is 1.28. The molecule has 0 unspecified atom stereocenters. The van der Waals surface area contributed by atoms with Crippen molar-refractivity contribution in [3.63, 3.8) is 0 Å². The van der Waals surface area contributed by atoms with Gasteiger partial charge < -0.3 is 5.32 Å². The van der Waals surface area contributed by atoms with Gasteiger partial charge in [0.1, 0.15) is 0 Å². The number of hydrogen-bond donors (Lipinski definition) is 1. The summed E-state index contributed by atoms with van der Waals surface area (Å²) in [6, 6.07) is 7.51. The predicted molar refractivity (Wildman–Crippen MR) is 75.9 cm³/mol. The highest BCUT2D eigenvalue weighted by molar-refractivity contribution is 7.91. The molecule has 2 aromatic rings. The standard InChI is InChI=1S/C12H15N3O2S2/c16-19(17,15-8-3-6-13-7-9-15)12-14-10-4-1-2-5-11(10)18-12/h1-2,4-5,13H,3,6-9H2. The van der Waals surface area contributed by atoms with Crippen LogP contribution in [0, 0.1) is 0 Å². The molecule has 1 aromatic heterocycles. The molecule has 0 radical (unpaired) electrons. The average Bonchev–Trinajstić information content (AvgIpc) is 2.65. The van der Waals surface area contributed by atoms with E-state index in [1.54, 1.807) is 0 Å². The van der Waals surface area contributed by atoms with E-state index in [9.17, 15) is 8.42 Å². The van der Waals surface area contributed by atoms with Crippen LogP contribution in [0.25, 0.3) is 10.2 Å². The van der Waals surface area contributed by atoms with Gasteiger partial charge in [-0.25, -0.2) is 13.4 Å². The highest BCUT2D eigenvalue weighted by atomic mass is 32.2. The molecule has 1 aliphatic heterocycles. The van der Waals surface area contributed by atoms with Crippen LogP contribution in [-0.2, 0) is 10.0 Å². The lowest BCUT2D eigenvalue weighted by molar-refractivity contribution is 0.431. The minimum atomic E-state index is -3.45. The molecule has 0 bridgehead atoms. The summed E-state index contributed by atoms with van der Waals surface area (Å²) < 4.78 is 27.8. The number of para-hydroxylation sites is 1. The third kappa shape index (κ3) is 2.51. The van der Waals surface area contributed by atoms with Crippen molar-refractivity contribution in [1.29, 1.82) is 0 Å². The fourth-order valence-electron chi connectivity index (χ4n) is 2.13. The number of rotatable bonds is 2. The number of aromatic nitrogens is 1. The van der Waals surface area contributed by atoms with Crippen LogP contribution in [0.15, 0.2) is 28.6 Å². The number of nitrogens with one attached hydrogen (secondary N) is 1. The van der Waals surface area contributed by atoms with Crippen LogP contribution in [0.3, 0.4) is 0 Å². The molecule has 0 amide bonds. The Morgan fingerprint density at radius 1 is 1.21 bits per heavy atom. The van der Waals surface area contributed by atoms with E-state index in [0.717, 1.165) is 23.2 Å². The average molecular weight is 297 g/mol. The molecule has 0 aliphatic carbocycles. The Kier molecular flexibility index (Phi) is 3.53. The molecule has 7 heteroatoms. The van der Waals surface area contributed by atoms with Crippen molar-refractivity contribution in [3.05, 3.63) is 24.3 Å². The lowest BCUT2D eigenvalue weighted by Crippen LogP contribution is -2.34. The second-order valence-corrected chi connectivity index (χ2v) is 7.60. The van der Waals surface area contributed by atoms with Crippen molar-refractivity contribution in [2.45, 2.75) is 10.8 Å². The molecule has 102 valence electrons. The van der Waals surface area contributed by atoms with Gasteiger partial charge in [-0.3, -0.25) is 0 Å². The van der Waals surface area contributed by atoms with Crippen molar-refractivity contribution in [1.82, 2.24) is 14.6 Å². The zero-order valence-corrected chi connectivity index (χ0v) is 12.0. The second kappa shape index (κ2) is 5.16. The molecule has 0 spiro atoms. The van der Waals surface area contributed by atoms with Gasteiger partial charge >= 0.3 is 0 Å². The third-order valence-corrected chi connectivity index (χ3v) is 6.42. The zero-order chi connectivity index (χ0) is 13.3. The minimum absolute atomic E-state index is 0.204. The van der Waals surface area contributed by atoms with Crippen LogP contribution in [0.5, 0.6) is 0 Å². The lowest BCUT2D eigenvalue weighted by Gasteiger charge is -2.17. The molecule has 1 fully saturated rings. The molecular weight excluding hydrogens is 282 g/mol. The molecule has 2 heterocycles. The Morgan fingerprint density at radius 2 is 2.05 bits per heavy atom. The topological polar surface area (TPSA) is 62.3 Å². The molecule has 0 atom stereocenters. The van der Waals surface area contributed by atoms with Gasteiger partial charge in [0, 0.05) is 19.6 Å². The molecular formula is C12H15N3O2S2. The van der Waals surface area contributed by atoms with Gasteiger partial charge in [-0.15, -0.1) is 11.3 Å². The van der Waals surface area contributed by atoms with Crippen molar-refractivity contribution in [2.75, 3.05) is 26.2 Å². The first-order valence-corrected chi connectivity index (χ1v) is 8.50. The van der Waals surface area contributed by atoms with Gasteiger partial charge in [0.25, 0.3) is 10.0 Å². The maximum absolute atomic E-state index is 12.6. The molecule has 1 N–H and O–H groups in total. The molecule has 0 saturated carbocycles.